The molecule has 1 aromatic carbocycles. The lowest BCUT2D eigenvalue weighted by Gasteiger charge is -2.16. The van der Waals surface area contributed by atoms with Gasteiger partial charge in [0.2, 0.25) is 5.95 Å². The molecule has 1 saturated heterocycles. The minimum absolute atomic E-state index is 0.147. The van der Waals surface area contributed by atoms with E-state index in [1.165, 1.54) is 0 Å². The second-order valence-electron chi connectivity index (χ2n) is 7.34. The fraction of sp³-hybridized carbons (Fsp3) is 0.450. The van der Waals surface area contributed by atoms with Gasteiger partial charge in [-0.25, -0.2) is 9.78 Å². The van der Waals surface area contributed by atoms with Gasteiger partial charge in [0.05, 0.1) is 13.3 Å². The molecule has 0 spiro atoms. The van der Waals surface area contributed by atoms with E-state index in [0.29, 0.717) is 17.6 Å². The summed E-state index contributed by atoms with van der Waals surface area (Å²) in [6.45, 7) is 2.20. The average Bonchev–Trinajstić information content (AvgIpc) is 3.44. The fourth-order valence-electron chi connectivity index (χ4n) is 3.81. The van der Waals surface area contributed by atoms with Crippen molar-refractivity contribution in [2.45, 2.75) is 12.8 Å². The van der Waals surface area contributed by atoms with Gasteiger partial charge in [-0.2, -0.15) is 5.10 Å². The number of amides is 2. The Bertz CT molecular complexity index is 1010. The lowest BCUT2D eigenvalue weighted by molar-refractivity contribution is 0.177. The van der Waals surface area contributed by atoms with Crippen molar-refractivity contribution in [1.29, 1.82) is 0 Å². The maximum Gasteiger partial charge on any atom is 0.324 e. The lowest BCUT2D eigenvalue weighted by Crippen LogP contribution is -2.33. The van der Waals surface area contributed by atoms with Crippen LogP contribution in [0.5, 0.6) is 5.75 Å². The summed E-state index contributed by atoms with van der Waals surface area (Å²) in [6.07, 6.45) is 5.68. The number of aryl methyl sites for hydroxylation is 1. The normalized spacial score (nSPS) is 16.5. The van der Waals surface area contributed by atoms with Crippen LogP contribution in [-0.4, -0.2) is 64.6 Å². The summed E-state index contributed by atoms with van der Waals surface area (Å²) in [5, 5.41) is 7.14. The number of hydrogen-bond donors (Lipinski definition) is 2. The van der Waals surface area contributed by atoms with E-state index in [2.05, 4.69) is 20.4 Å². The standard InChI is InChI=1S/C20H26N6O3/c1-25-12-14(10-21-25)15-4-5-16(29-3)18-17(15)22-19(23-18)24-20(27)26-8-6-13(11-26)7-9-28-2/h4-5,10,12-13H,6-9,11H2,1-3H3,(H2,22,23,24,27). The van der Waals surface area contributed by atoms with Gasteiger partial charge in [0.1, 0.15) is 16.8 Å². The van der Waals surface area contributed by atoms with Crippen LogP contribution < -0.4 is 10.1 Å². The van der Waals surface area contributed by atoms with Crippen LogP contribution in [0.1, 0.15) is 12.8 Å². The van der Waals surface area contributed by atoms with Crippen LogP contribution in [0.4, 0.5) is 10.7 Å². The SMILES string of the molecule is COCCC1CCN(C(=O)Nc2nc3c(-c4cnn(C)c4)ccc(OC)c3[nH]2)C1. The molecule has 3 aromatic rings. The minimum atomic E-state index is -0.147. The van der Waals surface area contributed by atoms with Crippen molar-refractivity contribution in [2.75, 3.05) is 39.2 Å². The van der Waals surface area contributed by atoms with Gasteiger partial charge in [0, 0.05) is 51.2 Å². The molecule has 1 unspecified atom stereocenters. The number of aromatic amines is 1. The van der Waals surface area contributed by atoms with Crippen LogP contribution in [0.3, 0.4) is 0 Å². The van der Waals surface area contributed by atoms with E-state index in [0.717, 1.165) is 54.7 Å². The predicted molar refractivity (Wildman–Crippen MR) is 110 cm³/mol. The average molecular weight is 398 g/mol. The number of fused-ring (bicyclic) bond motifs is 1. The first kappa shape index (κ1) is 19.3. The zero-order valence-electron chi connectivity index (χ0n) is 16.9. The molecule has 3 heterocycles. The Balaban J connectivity index is 1.56. The molecule has 0 bridgehead atoms. The Hall–Kier alpha value is -3.07. The Morgan fingerprint density at radius 2 is 2.24 bits per heavy atom. The van der Waals surface area contributed by atoms with Crippen LogP contribution in [0.25, 0.3) is 22.2 Å². The number of urea groups is 1. The molecule has 1 fully saturated rings. The smallest absolute Gasteiger partial charge is 0.324 e. The molecule has 2 aromatic heterocycles. The number of imidazole rings is 1. The van der Waals surface area contributed by atoms with E-state index in [1.807, 2.05) is 30.3 Å². The summed E-state index contributed by atoms with van der Waals surface area (Å²) in [4.78, 5) is 22.4. The van der Waals surface area contributed by atoms with E-state index in [9.17, 15) is 4.79 Å². The number of likely N-dealkylation sites (tertiary alicyclic amines) is 1. The molecule has 9 nitrogen and oxygen atoms in total. The number of hydrogen-bond acceptors (Lipinski definition) is 5. The number of rotatable bonds is 6. The first-order valence-electron chi connectivity index (χ1n) is 9.69. The summed E-state index contributed by atoms with van der Waals surface area (Å²) in [6, 6.07) is 3.69. The third-order valence-corrected chi connectivity index (χ3v) is 5.37. The molecule has 9 heteroatoms. The molecule has 0 aliphatic carbocycles. The number of H-pyrrole nitrogens is 1. The number of nitrogens with one attached hydrogen (secondary N) is 2. The van der Waals surface area contributed by atoms with E-state index in [-0.39, 0.29) is 6.03 Å². The largest absolute Gasteiger partial charge is 0.494 e. The first-order chi connectivity index (χ1) is 14.1. The van der Waals surface area contributed by atoms with Crippen molar-refractivity contribution in [3.8, 4) is 16.9 Å². The third-order valence-electron chi connectivity index (χ3n) is 5.37. The van der Waals surface area contributed by atoms with Crippen LogP contribution in [0.2, 0.25) is 0 Å². The molecule has 1 aliphatic heterocycles. The van der Waals surface area contributed by atoms with Crippen LogP contribution in [0, 0.1) is 5.92 Å². The van der Waals surface area contributed by atoms with Gasteiger partial charge in [-0.1, -0.05) is 0 Å². The summed E-state index contributed by atoms with van der Waals surface area (Å²) in [7, 11) is 5.19. The van der Waals surface area contributed by atoms with E-state index in [1.54, 1.807) is 25.1 Å². The Kier molecular flexibility index (Phi) is 5.39. The second-order valence-corrected chi connectivity index (χ2v) is 7.34. The molecule has 1 aliphatic rings. The van der Waals surface area contributed by atoms with Crippen molar-refractivity contribution in [3.63, 3.8) is 0 Å². The van der Waals surface area contributed by atoms with Crippen LogP contribution in [-0.2, 0) is 11.8 Å². The highest BCUT2D eigenvalue weighted by Gasteiger charge is 2.26. The van der Waals surface area contributed by atoms with Gasteiger partial charge >= 0.3 is 6.03 Å². The summed E-state index contributed by atoms with van der Waals surface area (Å²) in [5.41, 5.74) is 3.34. The molecule has 2 amide bonds. The zero-order chi connectivity index (χ0) is 20.4. The number of aromatic nitrogens is 4. The summed E-state index contributed by atoms with van der Waals surface area (Å²) < 4.78 is 12.4. The molecule has 2 N–H and O–H groups in total. The summed E-state index contributed by atoms with van der Waals surface area (Å²) >= 11 is 0. The van der Waals surface area contributed by atoms with Gasteiger partial charge in [0.25, 0.3) is 0 Å². The van der Waals surface area contributed by atoms with Crippen LogP contribution in [0.15, 0.2) is 24.5 Å². The topological polar surface area (TPSA) is 97.3 Å². The number of ether oxygens (including phenoxy) is 2. The molecule has 0 radical (unpaired) electrons. The molecule has 4 rings (SSSR count). The lowest BCUT2D eigenvalue weighted by atomic mass is 10.1. The van der Waals surface area contributed by atoms with E-state index >= 15 is 0 Å². The monoisotopic (exact) mass is 398 g/mol. The quantitative estimate of drug-likeness (QED) is 0.665. The zero-order valence-corrected chi connectivity index (χ0v) is 16.9. The number of benzene rings is 1. The van der Waals surface area contributed by atoms with Gasteiger partial charge in [0.15, 0.2) is 0 Å². The molecular formula is C20H26N6O3. The maximum atomic E-state index is 12.7. The predicted octanol–water partition coefficient (Wildman–Crippen LogP) is 2.86. The van der Waals surface area contributed by atoms with Gasteiger partial charge < -0.3 is 19.4 Å². The van der Waals surface area contributed by atoms with Gasteiger partial charge in [-0.15, -0.1) is 0 Å². The fourth-order valence-corrected chi connectivity index (χ4v) is 3.81. The Labute approximate surface area is 169 Å². The number of carbonyl (C=O) groups excluding carboxylic acids is 1. The molecule has 154 valence electrons. The van der Waals surface area contributed by atoms with E-state index in [4.69, 9.17) is 9.47 Å². The Morgan fingerprint density at radius 3 is 2.97 bits per heavy atom. The maximum absolute atomic E-state index is 12.7. The van der Waals surface area contributed by atoms with Crippen LogP contribution >= 0.6 is 0 Å². The van der Waals surface area contributed by atoms with Gasteiger partial charge in [-0.3, -0.25) is 10.00 Å². The number of nitrogens with zero attached hydrogens (tertiary/aromatic N) is 4. The highest BCUT2D eigenvalue weighted by atomic mass is 16.5. The van der Waals surface area contributed by atoms with Crippen molar-refractivity contribution in [3.05, 3.63) is 24.5 Å². The molecular weight excluding hydrogens is 372 g/mol. The molecule has 29 heavy (non-hydrogen) atoms. The molecule has 1 atom stereocenters. The molecule has 0 saturated carbocycles. The highest BCUT2D eigenvalue weighted by Crippen LogP contribution is 2.33. The number of methoxy groups -OCH3 is 2. The Morgan fingerprint density at radius 1 is 1.38 bits per heavy atom. The second kappa shape index (κ2) is 8.12. The van der Waals surface area contributed by atoms with Gasteiger partial charge in [-0.05, 0) is 30.9 Å². The summed E-state index contributed by atoms with van der Waals surface area (Å²) in [5.74, 6) is 1.55. The number of carbonyl (C=O) groups is 1. The van der Waals surface area contributed by atoms with E-state index < -0.39 is 0 Å². The first-order valence-corrected chi connectivity index (χ1v) is 9.69. The number of anilines is 1. The van der Waals surface area contributed by atoms with Crippen molar-refractivity contribution in [2.24, 2.45) is 13.0 Å². The third kappa shape index (κ3) is 3.91. The van der Waals surface area contributed by atoms with Crippen molar-refractivity contribution in [1.82, 2.24) is 24.6 Å². The highest BCUT2D eigenvalue weighted by molar-refractivity contribution is 5.98. The minimum Gasteiger partial charge on any atom is -0.494 e. The van der Waals surface area contributed by atoms with Crippen molar-refractivity contribution < 1.29 is 14.3 Å². The van der Waals surface area contributed by atoms with Crippen molar-refractivity contribution >= 4 is 23.0 Å².